The SMILES string of the molecule is Cc1c(CNC(=O)c2cccc(Cl)c2Cl)cnn1C. The molecule has 6 heteroatoms. The Bertz CT molecular complexity index is 622. The van der Waals surface area contributed by atoms with Crippen LogP contribution in [-0.2, 0) is 13.6 Å². The Morgan fingerprint density at radius 1 is 1.42 bits per heavy atom. The molecule has 100 valence electrons. The molecule has 2 aromatic rings. The van der Waals surface area contributed by atoms with Crippen LogP contribution in [0.4, 0.5) is 0 Å². The van der Waals surface area contributed by atoms with Crippen molar-refractivity contribution in [3.05, 3.63) is 51.3 Å². The summed E-state index contributed by atoms with van der Waals surface area (Å²) in [6, 6.07) is 4.98. The van der Waals surface area contributed by atoms with Gasteiger partial charge in [0.2, 0.25) is 0 Å². The Morgan fingerprint density at radius 3 is 2.79 bits per heavy atom. The number of benzene rings is 1. The van der Waals surface area contributed by atoms with Gasteiger partial charge in [0.15, 0.2) is 0 Å². The molecule has 0 atom stereocenters. The van der Waals surface area contributed by atoms with Gasteiger partial charge >= 0.3 is 0 Å². The molecule has 19 heavy (non-hydrogen) atoms. The average Bonchev–Trinajstić information content (AvgIpc) is 2.70. The summed E-state index contributed by atoms with van der Waals surface area (Å²) in [6.07, 6.45) is 1.73. The summed E-state index contributed by atoms with van der Waals surface area (Å²) in [5.74, 6) is -0.254. The standard InChI is InChI=1S/C13H13Cl2N3O/c1-8-9(7-17-18(8)2)6-16-13(19)10-4-3-5-11(14)12(10)15/h3-5,7H,6H2,1-2H3,(H,16,19). The third-order valence-corrected chi connectivity index (χ3v) is 3.79. The van der Waals surface area contributed by atoms with Gasteiger partial charge in [-0.05, 0) is 19.1 Å². The summed E-state index contributed by atoms with van der Waals surface area (Å²) < 4.78 is 1.76. The highest BCUT2D eigenvalue weighted by molar-refractivity contribution is 6.43. The molecule has 0 aliphatic rings. The van der Waals surface area contributed by atoms with Crippen molar-refractivity contribution in [2.75, 3.05) is 0 Å². The van der Waals surface area contributed by atoms with Gasteiger partial charge in [0.05, 0.1) is 21.8 Å². The van der Waals surface area contributed by atoms with Crippen molar-refractivity contribution >= 4 is 29.1 Å². The van der Waals surface area contributed by atoms with Crippen LogP contribution in [0.1, 0.15) is 21.6 Å². The van der Waals surface area contributed by atoms with E-state index in [1.165, 1.54) is 0 Å². The maximum atomic E-state index is 12.0. The lowest BCUT2D eigenvalue weighted by molar-refractivity contribution is 0.0951. The Kier molecular flexibility index (Phi) is 4.12. The first kappa shape index (κ1) is 13.9. The molecule has 2 rings (SSSR count). The zero-order chi connectivity index (χ0) is 14.0. The van der Waals surface area contributed by atoms with Crippen LogP contribution in [0, 0.1) is 6.92 Å². The van der Waals surface area contributed by atoms with Crippen LogP contribution in [0.2, 0.25) is 10.0 Å². The second-order valence-electron chi connectivity index (χ2n) is 4.16. The zero-order valence-electron chi connectivity index (χ0n) is 10.6. The number of amides is 1. The lowest BCUT2D eigenvalue weighted by Gasteiger charge is -2.07. The van der Waals surface area contributed by atoms with E-state index in [2.05, 4.69) is 10.4 Å². The number of halogens is 2. The highest BCUT2D eigenvalue weighted by atomic mass is 35.5. The molecular formula is C13H13Cl2N3O. The Labute approximate surface area is 121 Å². The molecule has 0 aliphatic carbocycles. The second kappa shape index (κ2) is 5.63. The van der Waals surface area contributed by atoms with Gasteiger partial charge in [0.25, 0.3) is 5.91 Å². The van der Waals surface area contributed by atoms with Crippen LogP contribution in [0.25, 0.3) is 0 Å². The number of nitrogens with zero attached hydrogens (tertiary/aromatic N) is 2. The van der Waals surface area contributed by atoms with E-state index in [9.17, 15) is 4.79 Å². The fourth-order valence-corrected chi connectivity index (χ4v) is 2.05. The third-order valence-electron chi connectivity index (χ3n) is 2.97. The van der Waals surface area contributed by atoms with Gasteiger partial charge in [0.1, 0.15) is 0 Å². The van der Waals surface area contributed by atoms with Gasteiger partial charge < -0.3 is 5.32 Å². The molecule has 0 radical (unpaired) electrons. The Hall–Kier alpha value is -1.52. The molecule has 4 nitrogen and oxygen atoms in total. The van der Waals surface area contributed by atoms with Gasteiger partial charge in [-0.25, -0.2) is 0 Å². The fraction of sp³-hybridized carbons (Fsp3) is 0.231. The average molecular weight is 298 g/mol. The summed E-state index contributed by atoms with van der Waals surface area (Å²) in [7, 11) is 1.86. The predicted octanol–water partition coefficient (Wildman–Crippen LogP) is 2.97. The minimum absolute atomic E-state index is 0.254. The van der Waals surface area contributed by atoms with Crippen molar-refractivity contribution in [2.24, 2.45) is 7.05 Å². The Balaban J connectivity index is 2.10. The van der Waals surface area contributed by atoms with E-state index in [1.54, 1.807) is 29.1 Å². The second-order valence-corrected chi connectivity index (χ2v) is 4.95. The highest BCUT2D eigenvalue weighted by Gasteiger charge is 2.13. The normalized spacial score (nSPS) is 10.5. The van der Waals surface area contributed by atoms with Crippen molar-refractivity contribution in [1.82, 2.24) is 15.1 Å². The Morgan fingerprint density at radius 2 is 2.16 bits per heavy atom. The van der Waals surface area contributed by atoms with Gasteiger partial charge in [-0.15, -0.1) is 0 Å². The fourth-order valence-electron chi connectivity index (χ4n) is 1.67. The first-order valence-electron chi connectivity index (χ1n) is 5.70. The van der Waals surface area contributed by atoms with E-state index in [0.29, 0.717) is 17.1 Å². The molecule has 1 amide bonds. The van der Waals surface area contributed by atoms with Gasteiger partial charge in [0, 0.05) is 24.8 Å². The number of nitrogens with one attached hydrogen (secondary N) is 1. The smallest absolute Gasteiger partial charge is 0.253 e. The third kappa shape index (κ3) is 2.91. The van der Waals surface area contributed by atoms with Crippen molar-refractivity contribution < 1.29 is 4.79 Å². The summed E-state index contributed by atoms with van der Waals surface area (Å²) in [6.45, 7) is 2.35. The summed E-state index contributed by atoms with van der Waals surface area (Å²) in [5.41, 5.74) is 2.35. The zero-order valence-corrected chi connectivity index (χ0v) is 12.1. The van der Waals surface area contributed by atoms with Crippen LogP contribution in [0.5, 0.6) is 0 Å². The van der Waals surface area contributed by atoms with Crippen LogP contribution >= 0.6 is 23.2 Å². The van der Waals surface area contributed by atoms with Gasteiger partial charge in [-0.3, -0.25) is 9.48 Å². The van der Waals surface area contributed by atoms with E-state index in [4.69, 9.17) is 23.2 Å². The molecule has 1 N–H and O–H groups in total. The largest absolute Gasteiger partial charge is 0.348 e. The minimum Gasteiger partial charge on any atom is -0.348 e. The molecule has 0 bridgehead atoms. The van der Waals surface area contributed by atoms with E-state index in [1.807, 2.05) is 14.0 Å². The van der Waals surface area contributed by atoms with Crippen molar-refractivity contribution in [3.8, 4) is 0 Å². The van der Waals surface area contributed by atoms with E-state index in [-0.39, 0.29) is 10.9 Å². The lowest BCUT2D eigenvalue weighted by Crippen LogP contribution is -2.23. The van der Waals surface area contributed by atoms with Crippen molar-refractivity contribution in [3.63, 3.8) is 0 Å². The van der Waals surface area contributed by atoms with E-state index >= 15 is 0 Å². The molecule has 0 saturated carbocycles. The summed E-state index contributed by atoms with van der Waals surface area (Å²) >= 11 is 11.9. The first-order valence-corrected chi connectivity index (χ1v) is 6.46. The van der Waals surface area contributed by atoms with Crippen LogP contribution in [0.15, 0.2) is 24.4 Å². The van der Waals surface area contributed by atoms with Crippen LogP contribution in [-0.4, -0.2) is 15.7 Å². The maximum Gasteiger partial charge on any atom is 0.253 e. The number of rotatable bonds is 3. The van der Waals surface area contributed by atoms with E-state index < -0.39 is 0 Å². The van der Waals surface area contributed by atoms with E-state index in [0.717, 1.165) is 11.3 Å². The topological polar surface area (TPSA) is 46.9 Å². The maximum absolute atomic E-state index is 12.0. The van der Waals surface area contributed by atoms with Crippen molar-refractivity contribution in [2.45, 2.75) is 13.5 Å². The number of carbonyl (C=O) groups is 1. The molecule has 0 saturated heterocycles. The molecule has 0 aliphatic heterocycles. The number of aryl methyl sites for hydroxylation is 1. The molecular weight excluding hydrogens is 285 g/mol. The van der Waals surface area contributed by atoms with Crippen LogP contribution in [0.3, 0.4) is 0 Å². The number of carbonyl (C=O) groups excluding carboxylic acids is 1. The van der Waals surface area contributed by atoms with Gasteiger partial charge in [-0.1, -0.05) is 29.3 Å². The first-order chi connectivity index (χ1) is 9.00. The summed E-state index contributed by atoms with van der Waals surface area (Å²) in [5, 5.41) is 7.55. The number of hydrogen-bond donors (Lipinski definition) is 1. The highest BCUT2D eigenvalue weighted by Crippen LogP contribution is 2.25. The summed E-state index contributed by atoms with van der Waals surface area (Å²) in [4.78, 5) is 12.0. The number of hydrogen-bond acceptors (Lipinski definition) is 2. The number of aromatic nitrogens is 2. The molecule has 1 aromatic carbocycles. The molecule has 1 aromatic heterocycles. The quantitative estimate of drug-likeness (QED) is 0.947. The molecule has 0 fully saturated rings. The van der Waals surface area contributed by atoms with Crippen LogP contribution < -0.4 is 5.32 Å². The van der Waals surface area contributed by atoms with Crippen molar-refractivity contribution in [1.29, 1.82) is 0 Å². The monoisotopic (exact) mass is 297 g/mol. The predicted molar refractivity (Wildman–Crippen MR) is 75.6 cm³/mol. The molecule has 0 unspecified atom stereocenters. The van der Waals surface area contributed by atoms with Gasteiger partial charge in [-0.2, -0.15) is 5.10 Å². The lowest BCUT2D eigenvalue weighted by atomic mass is 10.2. The molecule has 0 spiro atoms. The molecule has 1 heterocycles. The minimum atomic E-state index is -0.254.